The number of aromatic amines is 1. The Morgan fingerprint density at radius 1 is 1.56 bits per heavy atom. The first kappa shape index (κ1) is 12.7. The molecule has 0 spiro atoms. The molecule has 0 saturated carbocycles. The molecule has 88 valence electrons. The quantitative estimate of drug-likeness (QED) is 0.806. The molecule has 0 amide bonds. The predicted octanol–water partition coefficient (Wildman–Crippen LogP) is 0.252. The van der Waals surface area contributed by atoms with Crippen molar-refractivity contribution >= 4 is 21.9 Å². The zero-order valence-electron chi connectivity index (χ0n) is 8.66. The molecule has 0 aliphatic heterocycles. The third-order valence-corrected chi connectivity index (χ3v) is 2.39. The number of carbonyl (C=O) groups excluding carboxylic acids is 1. The summed E-state index contributed by atoms with van der Waals surface area (Å²) in [5.41, 5.74) is -1.03. The van der Waals surface area contributed by atoms with Crippen LogP contribution in [0.5, 0.6) is 0 Å². The maximum absolute atomic E-state index is 11.3. The van der Waals surface area contributed by atoms with Crippen molar-refractivity contribution in [2.45, 2.75) is 19.9 Å². The van der Waals surface area contributed by atoms with Crippen LogP contribution in [0.4, 0.5) is 0 Å². The Hall–Kier alpha value is -1.37. The highest BCUT2D eigenvalue weighted by Crippen LogP contribution is 1.99. The lowest BCUT2D eigenvalue weighted by Gasteiger charge is -2.04. The van der Waals surface area contributed by atoms with E-state index in [1.165, 1.54) is 10.8 Å². The maximum atomic E-state index is 11.3. The van der Waals surface area contributed by atoms with Crippen LogP contribution in [0.2, 0.25) is 0 Å². The number of nitrogens with zero attached hydrogens (tertiary/aromatic N) is 1. The van der Waals surface area contributed by atoms with E-state index in [4.69, 9.17) is 4.74 Å². The number of aromatic nitrogens is 2. The molecule has 0 bridgehead atoms. The number of ether oxygens (including phenoxy) is 1. The third-order valence-electron chi connectivity index (χ3n) is 1.83. The summed E-state index contributed by atoms with van der Waals surface area (Å²) in [4.78, 5) is 35.5. The molecule has 0 radical (unpaired) electrons. The van der Waals surface area contributed by atoms with Crippen molar-refractivity contribution < 1.29 is 9.53 Å². The van der Waals surface area contributed by atoms with E-state index in [0.29, 0.717) is 6.61 Å². The van der Waals surface area contributed by atoms with Crippen LogP contribution in [0.25, 0.3) is 0 Å². The first-order valence-electron chi connectivity index (χ1n) is 4.69. The van der Waals surface area contributed by atoms with E-state index in [1.54, 1.807) is 6.92 Å². The highest BCUT2D eigenvalue weighted by atomic mass is 79.9. The van der Waals surface area contributed by atoms with Crippen LogP contribution in [0, 0.1) is 0 Å². The molecule has 1 N–H and O–H groups in total. The molecule has 0 aliphatic rings. The van der Waals surface area contributed by atoms with Gasteiger partial charge in [-0.3, -0.25) is 19.1 Å². The van der Waals surface area contributed by atoms with Crippen LogP contribution < -0.4 is 11.2 Å². The van der Waals surface area contributed by atoms with E-state index in [0.717, 1.165) is 0 Å². The van der Waals surface area contributed by atoms with E-state index >= 15 is 0 Å². The topological polar surface area (TPSA) is 81.2 Å². The van der Waals surface area contributed by atoms with E-state index in [2.05, 4.69) is 20.9 Å². The zero-order chi connectivity index (χ0) is 12.1. The van der Waals surface area contributed by atoms with Crippen molar-refractivity contribution in [1.29, 1.82) is 0 Å². The van der Waals surface area contributed by atoms with Gasteiger partial charge in [0.1, 0.15) is 0 Å². The lowest BCUT2D eigenvalue weighted by atomic mass is 10.4. The number of aryl methyl sites for hydroxylation is 1. The van der Waals surface area contributed by atoms with Gasteiger partial charge in [0.2, 0.25) is 0 Å². The fraction of sp³-hybridized carbons (Fsp3) is 0.444. The SMILES string of the molecule is CCOC(=O)CCn1cc(Br)c(=O)[nH]c1=O. The number of hydrogen-bond donors (Lipinski definition) is 1. The molecular formula is C9H11BrN2O4. The third kappa shape index (κ3) is 3.34. The number of H-pyrrole nitrogens is 1. The zero-order valence-corrected chi connectivity index (χ0v) is 10.2. The van der Waals surface area contributed by atoms with Crippen LogP contribution in [-0.4, -0.2) is 22.1 Å². The first-order chi connectivity index (χ1) is 7.54. The molecule has 1 aromatic rings. The lowest BCUT2D eigenvalue weighted by molar-refractivity contribution is -0.143. The van der Waals surface area contributed by atoms with Crippen LogP contribution in [-0.2, 0) is 16.1 Å². The summed E-state index contributed by atoms with van der Waals surface area (Å²) in [6.45, 7) is 2.19. The summed E-state index contributed by atoms with van der Waals surface area (Å²) >= 11 is 3.00. The molecular weight excluding hydrogens is 280 g/mol. The van der Waals surface area contributed by atoms with Crippen LogP contribution in [0.3, 0.4) is 0 Å². The van der Waals surface area contributed by atoms with Gasteiger partial charge in [0.15, 0.2) is 0 Å². The molecule has 0 aromatic carbocycles. The van der Waals surface area contributed by atoms with Crippen molar-refractivity contribution in [3.63, 3.8) is 0 Å². The summed E-state index contributed by atoms with van der Waals surface area (Å²) in [6.07, 6.45) is 1.44. The normalized spacial score (nSPS) is 10.1. The number of rotatable bonds is 4. The van der Waals surface area contributed by atoms with Gasteiger partial charge in [-0.25, -0.2) is 4.79 Å². The molecule has 0 unspecified atom stereocenters. The largest absolute Gasteiger partial charge is 0.466 e. The number of nitrogens with one attached hydrogen (secondary N) is 1. The Labute approximate surface area is 99.4 Å². The van der Waals surface area contributed by atoms with Gasteiger partial charge in [-0.05, 0) is 22.9 Å². The second kappa shape index (κ2) is 5.64. The van der Waals surface area contributed by atoms with E-state index < -0.39 is 11.2 Å². The van der Waals surface area contributed by atoms with Gasteiger partial charge in [0.25, 0.3) is 5.56 Å². The number of esters is 1. The minimum absolute atomic E-state index is 0.0895. The van der Waals surface area contributed by atoms with E-state index in [-0.39, 0.29) is 23.4 Å². The van der Waals surface area contributed by atoms with Gasteiger partial charge in [0.05, 0.1) is 17.5 Å². The van der Waals surface area contributed by atoms with Gasteiger partial charge in [0, 0.05) is 12.7 Å². The van der Waals surface area contributed by atoms with Gasteiger partial charge in [-0.1, -0.05) is 0 Å². The summed E-state index contributed by atoms with van der Waals surface area (Å²) in [7, 11) is 0. The molecule has 1 rings (SSSR count). The van der Waals surface area contributed by atoms with Crippen LogP contribution in [0.15, 0.2) is 20.3 Å². The van der Waals surface area contributed by atoms with Crippen molar-refractivity contribution in [1.82, 2.24) is 9.55 Å². The minimum atomic E-state index is -0.544. The average Bonchev–Trinajstić information content (AvgIpc) is 2.22. The second-order valence-corrected chi connectivity index (χ2v) is 3.84. The Bertz CT molecular complexity index is 491. The van der Waals surface area contributed by atoms with Crippen LogP contribution in [0.1, 0.15) is 13.3 Å². The van der Waals surface area contributed by atoms with E-state index in [1.807, 2.05) is 0 Å². The Morgan fingerprint density at radius 2 is 2.25 bits per heavy atom. The lowest BCUT2D eigenvalue weighted by Crippen LogP contribution is -2.30. The fourth-order valence-electron chi connectivity index (χ4n) is 1.09. The Kier molecular flexibility index (Phi) is 4.48. The maximum Gasteiger partial charge on any atom is 0.328 e. The van der Waals surface area contributed by atoms with Gasteiger partial charge < -0.3 is 4.74 Å². The summed E-state index contributed by atoms with van der Waals surface area (Å²) in [5, 5.41) is 0. The molecule has 0 fully saturated rings. The van der Waals surface area contributed by atoms with Gasteiger partial charge >= 0.3 is 11.7 Å². The molecule has 1 aromatic heterocycles. The smallest absolute Gasteiger partial charge is 0.328 e. The molecule has 6 nitrogen and oxygen atoms in total. The molecule has 0 atom stereocenters. The minimum Gasteiger partial charge on any atom is -0.466 e. The summed E-state index contributed by atoms with van der Waals surface area (Å²) < 4.78 is 6.20. The summed E-state index contributed by atoms with van der Waals surface area (Å²) in [5.74, 6) is -0.378. The average molecular weight is 291 g/mol. The van der Waals surface area contributed by atoms with Crippen molar-refractivity contribution in [3.05, 3.63) is 31.5 Å². The second-order valence-electron chi connectivity index (χ2n) is 2.98. The highest BCUT2D eigenvalue weighted by Gasteiger charge is 2.05. The Balaban J connectivity index is 2.75. The summed E-state index contributed by atoms with van der Waals surface area (Å²) in [6, 6.07) is 0. The number of halogens is 1. The molecule has 16 heavy (non-hydrogen) atoms. The van der Waals surface area contributed by atoms with E-state index in [9.17, 15) is 14.4 Å². The Morgan fingerprint density at radius 3 is 2.88 bits per heavy atom. The first-order valence-corrected chi connectivity index (χ1v) is 5.48. The highest BCUT2D eigenvalue weighted by molar-refractivity contribution is 9.10. The molecule has 0 saturated heterocycles. The molecule has 0 aliphatic carbocycles. The van der Waals surface area contributed by atoms with Gasteiger partial charge in [-0.15, -0.1) is 0 Å². The number of hydrogen-bond acceptors (Lipinski definition) is 4. The predicted molar refractivity (Wildman–Crippen MR) is 60.3 cm³/mol. The monoisotopic (exact) mass is 290 g/mol. The van der Waals surface area contributed by atoms with Crippen molar-refractivity contribution in [3.8, 4) is 0 Å². The fourth-order valence-corrected chi connectivity index (χ4v) is 1.44. The van der Waals surface area contributed by atoms with Crippen molar-refractivity contribution in [2.24, 2.45) is 0 Å². The standard InChI is InChI=1S/C9H11BrN2O4/c1-2-16-7(13)3-4-12-5-6(10)8(14)11-9(12)15/h5H,2-4H2,1H3,(H,11,14,15). The number of carbonyl (C=O) groups is 1. The van der Waals surface area contributed by atoms with Crippen molar-refractivity contribution in [2.75, 3.05) is 6.61 Å². The molecule has 7 heteroatoms. The molecule has 1 heterocycles. The van der Waals surface area contributed by atoms with Gasteiger partial charge in [-0.2, -0.15) is 0 Å². The van der Waals surface area contributed by atoms with Crippen LogP contribution >= 0.6 is 15.9 Å².